The highest BCUT2D eigenvalue weighted by Gasteiger charge is 2.21. The van der Waals surface area contributed by atoms with Crippen LogP contribution in [0.1, 0.15) is 35.4 Å². The molecule has 7 nitrogen and oxygen atoms in total. The van der Waals surface area contributed by atoms with Crippen LogP contribution in [0.15, 0.2) is 0 Å². The Hall–Kier alpha value is -1.83. The SMILES string of the molecule is CN(C)C(=O)CCNC(=O)c1sc(NC2CCC2)nc1N. The van der Waals surface area contributed by atoms with Crippen molar-refractivity contribution in [3.8, 4) is 0 Å². The van der Waals surface area contributed by atoms with E-state index in [2.05, 4.69) is 15.6 Å². The Morgan fingerprint density at radius 2 is 2.14 bits per heavy atom. The highest BCUT2D eigenvalue weighted by Crippen LogP contribution is 2.29. The molecule has 8 heteroatoms. The molecule has 4 N–H and O–H groups in total. The Morgan fingerprint density at radius 1 is 1.43 bits per heavy atom. The number of amides is 2. The van der Waals surface area contributed by atoms with Crippen LogP contribution in [-0.2, 0) is 4.79 Å². The fraction of sp³-hybridized carbons (Fsp3) is 0.615. The van der Waals surface area contributed by atoms with Crippen molar-refractivity contribution in [3.63, 3.8) is 0 Å². The third kappa shape index (κ3) is 4.07. The van der Waals surface area contributed by atoms with E-state index in [9.17, 15) is 9.59 Å². The van der Waals surface area contributed by atoms with Gasteiger partial charge < -0.3 is 21.3 Å². The molecule has 116 valence electrons. The molecular weight excluding hydrogens is 290 g/mol. The van der Waals surface area contributed by atoms with Gasteiger partial charge in [-0.2, -0.15) is 0 Å². The summed E-state index contributed by atoms with van der Waals surface area (Å²) in [6.45, 7) is 0.290. The summed E-state index contributed by atoms with van der Waals surface area (Å²) in [6.07, 6.45) is 3.76. The zero-order chi connectivity index (χ0) is 15.4. The fourth-order valence-electron chi connectivity index (χ4n) is 1.87. The first-order chi connectivity index (χ1) is 9.97. The van der Waals surface area contributed by atoms with Crippen LogP contribution < -0.4 is 16.4 Å². The molecule has 0 aromatic carbocycles. The van der Waals surface area contributed by atoms with Crippen molar-refractivity contribution in [2.24, 2.45) is 0 Å². The van der Waals surface area contributed by atoms with Crippen molar-refractivity contribution in [2.45, 2.75) is 31.7 Å². The third-order valence-electron chi connectivity index (χ3n) is 3.42. The highest BCUT2D eigenvalue weighted by atomic mass is 32.1. The normalized spacial score (nSPS) is 14.4. The Morgan fingerprint density at radius 3 is 2.71 bits per heavy atom. The Bertz CT molecular complexity index is 525. The lowest BCUT2D eigenvalue weighted by Crippen LogP contribution is -2.30. The molecule has 21 heavy (non-hydrogen) atoms. The number of rotatable bonds is 6. The molecule has 1 saturated carbocycles. The summed E-state index contributed by atoms with van der Waals surface area (Å²) in [5, 5.41) is 6.65. The van der Waals surface area contributed by atoms with E-state index in [0.717, 1.165) is 12.8 Å². The number of nitrogens with two attached hydrogens (primary N) is 1. The van der Waals surface area contributed by atoms with Gasteiger partial charge in [0.1, 0.15) is 10.7 Å². The number of nitrogens with one attached hydrogen (secondary N) is 2. The quantitative estimate of drug-likeness (QED) is 0.724. The molecule has 0 saturated heterocycles. The summed E-state index contributed by atoms with van der Waals surface area (Å²) in [5.41, 5.74) is 5.78. The molecule has 0 aliphatic heterocycles. The molecule has 0 spiro atoms. The monoisotopic (exact) mass is 311 g/mol. The van der Waals surface area contributed by atoms with Crippen molar-refractivity contribution in [3.05, 3.63) is 4.88 Å². The fourth-order valence-corrected chi connectivity index (χ4v) is 2.75. The number of carbonyl (C=O) groups excluding carboxylic acids is 2. The predicted octanol–water partition coefficient (Wildman–Crippen LogP) is 0.898. The molecule has 1 aromatic heterocycles. The van der Waals surface area contributed by atoms with Crippen LogP contribution in [0, 0.1) is 0 Å². The van der Waals surface area contributed by atoms with Crippen molar-refractivity contribution in [1.82, 2.24) is 15.2 Å². The van der Waals surface area contributed by atoms with Crippen molar-refractivity contribution in [1.29, 1.82) is 0 Å². The summed E-state index contributed by atoms with van der Waals surface area (Å²) < 4.78 is 0. The Labute approximate surface area is 127 Å². The first kappa shape index (κ1) is 15.6. The van der Waals surface area contributed by atoms with Crippen molar-refractivity contribution >= 4 is 34.1 Å². The van der Waals surface area contributed by atoms with Crippen LogP contribution in [0.4, 0.5) is 10.9 Å². The second-order valence-corrected chi connectivity index (χ2v) is 6.30. The van der Waals surface area contributed by atoms with E-state index in [1.165, 1.54) is 22.7 Å². The zero-order valence-corrected chi connectivity index (χ0v) is 13.1. The van der Waals surface area contributed by atoms with Gasteiger partial charge in [-0.05, 0) is 19.3 Å². The lowest BCUT2D eigenvalue weighted by Gasteiger charge is -2.25. The summed E-state index contributed by atoms with van der Waals surface area (Å²) in [4.78, 5) is 29.5. The lowest BCUT2D eigenvalue weighted by atomic mass is 9.93. The van der Waals surface area contributed by atoms with E-state index in [4.69, 9.17) is 5.73 Å². The van der Waals surface area contributed by atoms with Gasteiger partial charge in [-0.25, -0.2) is 4.98 Å². The average molecular weight is 311 g/mol. The third-order valence-corrected chi connectivity index (χ3v) is 4.42. The average Bonchev–Trinajstić information content (AvgIpc) is 2.74. The number of nitrogen functional groups attached to an aromatic ring is 1. The number of hydrogen-bond donors (Lipinski definition) is 3. The zero-order valence-electron chi connectivity index (χ0n) is 12.3. The number of aromatic nitrogens is 1. The minimum Gasteiger partial charge on any atom is -0.382 e. The van der Waals surface area contributed by atoms with Gasteiger partial charge in [-0.3, -0.25) is 9.59 Å². The summed E-state index contributed by atoms with van der Waals surface area (Å²) in [7, 11) is 3.37. The number of thiazole rings is 1. The second-order valence-electron chi connectivity index (χ2n) is 5.30. The van der Waals surface area contributed by atoms with Crippen LogP contribution in [0.25, 0.3) is 0 Å². The van der Waals surface area contributed by atoms with Crippen LogP contribution in [0.5, 0.6) is 0 Å². The molecule has 0 unspecified atom stereocenters. The van der Waals surface area contributed by atoms with Gasteiger partial charge in [0.05, 0.1) is 0 Å². The van der Waals surface area contributed by atoms with Crippen LogP contribution in [-0.4, -0.2) is 48.4 Å². The molecule has 1 heterocycles. The summed E-state index contributed by atoms with van der Waals surface area (Å²) in [6, 6.07) is 0.448. The molecule has 1 fully saturated rings. The molecule has 0 bridgehead atoms. The maximum atomic E-state index is 12.0. The molecule has 1 aromatic rings. The van der Waals surface area contributed by atoms with Crippen molar-refractivity contribution < 1.29 is 9.59 Å². The Kier molecular flexibility index (Phi) is 5.00. The second kappa shape index (κ2) is 6.75. The minimum atomic E-state index is -0.279. The van der Waals surface area contributed by atoms with Crippen LogP contribution in [0.3, 0.4) is 0 Å². The number of nitrogens with zero attached hydrogens (tertiary/aromatic N) is 2. The molecule has 1 aliphatic carbocycles. The summed E-state index contributed by atoms with van der Waals surface area (Å²) in [5.74, 6) is -0.0728. The van der Waals surface area contributed by atoms with Gasteiger partial charge in [0.15, 0.2) is 5.13 Å². The summed E-state index contributed by atoms with van der Waals surface area (Å²) >= 11 is 1.26. The lowest BCUT2D eigenvalue weighted by molar-refractivity contribution is -0.128. The van der Waals surface area contributed by atoms with E-state index in [0.29, 0.717) is 22.6 Å². The van der Waals surface area contributed by atoms with E-state index < -0.39 is 0 Å². The number of anilines is 2. The molecule has 0 atom stereocenters. The van der Waals surface area contributed by atoms with Crippen molar-refractivity contribution in [2.75, 3.05) is 31.7 Å². The topological polar surface area (TPSA) is 100 Å². The molecule has 2 rings (SSSR count). The predicted molar refractivity (Wildman–Crippen MR) is 83.4 cm³/mol. The van der Waals surface area contributed by atoms with Gasteiger partial charge in [0, 0.05) is 33.1 Å². The van der Waals surface area contributed by atoms with E-state index in [-0.39, 0.29) is 24.1 Å². The standard InChI is InChI=1S/C13H21N5O2S/c1-18(2)9(19)6-7-15-12(20)10-11(14)17-13(21-10)16-8-4-3-5-8/h8H,3-7,14H2,1-2H3,(H,15,20)(H,16,17). The van der Waals surface area contributed by atoms with Gasteiger partial charge in [-0.1, -0.05) is 11.3 Å². The van der Waals surface area contributed by atoms with Crippen LogP contribution in [0.2, 0.25) is 0 Å². The minimum absolute atomic E-state index is 0.0279. The van der Waals surface area contributed by atoms with E-state index in [1.807, 2.05) is 0 Å². The van der Waals surface area contributed by atoms with Gasteiger partial charge >= 0.3 is 0 Å². The van der Waals surface area contributed by atoms with Gasteiger partial charge in [0.25, 0.3) is 5.91 Å². The first-order valence-electron chi connectivity index (χ1n) is 6.98. The van der Waals surface area contributed by atoms with Gasteiger partial charge in [0.2, 0.25) is 5.91 Å². The number of carbonyl (C=O) groups is 2. The maximum Gasteiger partial charge on any atom is 0.265 e. The smallest absolute Gasteiger partial charge is 0.265 e. The largest absolute Gasteiger partial charge is 0.382 e. The first-order valence-corrected chi connectivity index (χ1v) is 7.80. The number of hydrogen-bond acceptors (Lipinski definition) is 6. The highest BCUT2D eigenvalue weighted by molar-refractivity contribution is 7.18. The Balaban J connectivity index is 1.85. The molecule has 1 aliphatic rings. The maximum absolute atomic E-state index is 12.0. The van der Waals surface area contributed by atoms with Gasteiger partial charge in [-0.15, -0.1) is 0 Å². The van der Waals surface area contributed by atoms with E-state index >= 15 is 0 Å². The van der Waals surface area contributed by atoms with Crippen LogP contribution >= 0.6 is 11.3 Å². The molecule has 2 amide bonds. The molecule has 0 radical (unpaired) electrons. The molecular formula is C13H21N5O2S. The van der Waals surface area contributed by atoms with E-state index in [1.54, 1.807) is 14.1 Å².